The Hall–Kier alpha value is -5.26. The van der Waals surface area contributed by atoms with Crippen LogP contribution < -0.4 is 41.2 Å². The van der Waals surface area contributed by atoms with Crippen LogP contribution in [0.4, 0.5) is 34.1 Å². The number of piperidine rings is 1. The second kappa shape index (κ2) is 14.7. The van der Waals surface area contributed by atoms with Gasteiger partial charge in [-0.25, -0.2) is 0 Å². The molecule has 5 aromatic rings. The van der Waals surface area contributed by atoms with Crippen LogP contribution in [0.25, 0.3) is 5.57 Å². The third-order valence-electron chi connectivity index (χ3n) is 21.5. The predicted molar refractivity (Wildman–Crippen MR) is 311 cm³/mol. The zero-order valence-electron chi connectivity index (χ0n) is 45.5. The normalized spacial score (nSPS) is 29.1. The summed E-state index contributed by atoms with van der Waals surface area (Å²) in [4.78, 5) is 8.76. The minimum absolute atomic E-state index is 0.00723. The van der Waals surface area contributed by atoms with Gasteiger partial charge >= 0.3 is 0 Å². The number of rotatable bonds is 2. The van der Waals surface area contributed by atoms with Gasteiger partial charge in [-0.15, -0.1) is 0 Å². The van der Waals surface area contributed by atoms with Gasteiger partial charge in [-0.2, -0.15) is 0 Å². The molecule has 1 saturated heterocycles. The maximum absolute atomic E-state index is 3.03. The monoisotopic (exact) mass is 962 g/mol. The number of allylic oxidation sites excluding steroid dienone is 7. The van der Waals surface area contributed by atoms with Crippen molar-refractivity contribution in [2.75, 3.05) is 14.7 Å². The van der Waals surface area contributed by atoms with E-state index in [9.17, 15) is 0 Å². The minimum atomic E-state index is -2.74. The summed E-state index contributed by atoms with van der Waals surface area (Å²) in [5.74, 6) is 1.07. The molecule has 2 saturated carbocycles. The third-order valence-corrected chi connectivity index (χ3v) is 26.5. The molecule has 6 unspecified atom stereocenters. The standard InChI is InChI=1S/C67H76BN3Si/c1-13-24-55-41(2)45-25-14-17-29-56(45)72(55)57-30-18-15-27-51(57)70(52-28-16-19-31-58(52)72)44-39-53-60-54(40-44)71-62-49(33-32-47(64(7,8)9)59(62)66(11)35-22-23-36-67(66,71)12)68(60)50-38-43(63(4,5)6)37-48-61(50)69(53)42(3)46-26-20-21-34-65(46,48)10/h13-19,24-25,27-33,37,39-40,42-43,46H,20-23,26,34-36,38H2,1-12H3/b24-13-. The van der Waals surface area contributed by atoms with Crippen molar-refractivity contribution in [2.45, 2.75) is 163 Å². The first kappa shape index (κ1) is 45.4. The first-order valence-corrected chi connectivity index (χ1v) is 30.3. The van der Waals surface area contributed by atoms with Gasteiger partial charge in [-0.3, -0.25) is 0 Å². The maximum atomic E-state index is 3.03. The molecule has 72 heavy (non-hydrogen) atoms. The van der Waals surface area contributed by atoms with E-state index in [0.29, 0.717) is 17.9 Å². The van der Waals surface area contributed by atoms with Crippen molar-refractivity contribution < 1.29 is 0 Å². The summed E-state index contributed by atoms with van der Waals surface area (Å²) in [5.41, 5.74) is 23.0. The highest BCUT2D eigenvalue weighted by Gasteiger charge is 2.65. The summed E-state index contributed by atoms with van der Waals surface area (Å²) in [6.07, 6.45) is 19.0. The second-order valence-electron chi connectivity index (χ2n) is 26.9. The van der Waals surface area contributed by atoms with Crippen molar-refractivity contribution >= 4 is 81.0 Å². The third kappa shape index (κ3) is 5.35. The summed E-state index contributed by atoms with van der Waals surface area (Å²) >= 11 is 0. The smallest absolute Gasteiger partial charge is 0.247 e. The van der Waals surface area contributed by atoms with Gasteiger partial charge in [0.15, 0.2) is 8.07 Å². The molecule has 0 amide bonds. The number of anilines is 6. The Labute approximate surface area is 433 Å². The topological polar surface area (TPSA) is 9.72 Å². The molecule has 0 aromatic heterocycles. The van der Waals surface area contributed by atoms with E-state index in [2.05, 4.69) is 213 Å². The molecule has 6 heterocycles. The van der Waals surface area contributed by atoms with Gasteiger partial charge in [-0.1, -0.05) is 178 Å². The van der Waals surface area contributed by atoms with E-state index >= 15 is 0 Å². The molecule has 0 radical (unpaired) electrons. The average Bonchev–Trinajstić information content (AvgIpc) is 3.73. The van der Waals surface area contributed by atoms with Crippen molar-refractivity contribution in [1.82, 2.24) is 0 Å². The maximum Gasteiger partial charge on any atom is 0.247 e. The Bertz CT molecular complexity index is 3310. The fraction of sp³-hybridized carbons (Fsp3) is 0.433. The van der Waals surface area contributed by atoms with Gasteiger partial charge in [0.1, 0.15) is 0 Å². The van der Waals surface area contributed by atoms with E-state index in [4.69, 9.17) is 0 Å². The van der Waals surface area contributed by atoms with E-state index < -0.39 is 8.07 Å². The molecular weight excluding hydrogens is 886 g/mol. The lowest BCUT2D eigenvalue weighted by atomic mass is 9.30. The highest BCUT2D eigenvalue weighted by atomic mass is 28.3. The Morgan fingerprint density at radius 1 is 0.736 bits per heavy atom. The van der Waals surface area contributed by atoms with E-state index in [1.54, 1.807) is 44.5 Å². The first-order valence-electron chi connectivity index (χ1n) is 28.3. The SMILES string of the molecule is C/C=C\C1=C(C)c2ccccc2[Si]12c1ccccc1N(c1cc3c4c(c1)N1c5c(ccc(C(C)(C)C)c5C5(C)CCCCC15C)B4C1=C4C(=CC(C(C)(C)C)C1)C1(C)CCCCC1C(C)N43)c1ccccc12. The van der Waals surface area contributed by atoms with Gasteiger partial charge in [0, 0.05) is 45.6 Å². The Morgan fingerprint density at radius 2 is 1.39 bits per heavy atom. The number of benzene rings is 5. The molecular formula is C67H76BN3Si. The van der Waals surface area contributed by atoms with Gasteiger partial charge < -0.3 is 14.7 Å². The van der Waals surface area contributed by atoms with Crippen molar-refractivity contribution in [3.05, 3.63) is 154 Å². The lowest BCUT2D eigenvalue weighted by molar-refractivity contribution is 0.117. The molecule has 6 aliphatic heterocycles. The molecule has 6 atom stereocenters. The molecule has 3 aliphatic carbocycles. The van der Waals surface area contributed by atoms with E-state index in [0.717, 1.165) is 6.42 Å². The van der Waals surface area contributed by atoms with Gasteiger partial charge in [0.25, 0.3) is 0 Å². The van der Waals surface area contributed by atoms with Crippen molar-refractivity contribution in [2.24, 2.45) is 22.7 Å². The summed E-state index contributed by atoms with van der Waals surface area (Å²) in [7, 11) is -2.74. The minimum Gasteiger partial charge on any atom is -0.339 e. The van der Waals surface area contributed by atoms with Crippen LogP contribution in [0.5, 0.6) is 0 Å². The summed E-state index contributed by atoms with van der Waals surface area (Å²) in [6, 6.07) is 39.8. The quantitative estimate of drug-likeness (QED) is 0.163. The molecule has 14 rings (SSSR count). The van der Waals surface area contributed by atoms with E-state index in [1.807, 2.05) is 0 Å². The molecule has 0 bridgehead atoms. The molecule has 3 fully saturated rings. The number of hydrogen-bond donors (Lipinski definition) is 0. The summed E-state index contributed by atoms with van der Waals surface area (Å²) in [6.45, 7) is 30.5. The Morgan fingerprint density at radius 3 is 2.08 bits per heavy atom. The molecule has 3 nitrogen and oxygen atoms in total. The van der Waals surface area contributed by atoms with Crippen LogP contribution in [0, 0.1) is 22.7 Å². The highest BCUT2D eigenvalue weighted by molar-refractivity contribution is 7.20. The van der Waals surface area contributed by atoms with Crippen molar-refractivity contribution in [3.8, 4) is 0 Å². The van der Waals surface area contributed by atoms with Gasteiger partial charge in [0.2, 0.25) is 6.71 Å². The molecule has 366 valence electrons. The Kier molecular flexibility index (Phi) is 9.29. The Balaban J connectivity index is 1.11. The molecule has 5 aromatic carbocycles. The summed E-state index contributed by atoms with van der Waals surface area (Å²) < 4.78 is 0. The van der Waals surface area contributed by atoms with Crippen LogP contribution in [-0.2, 0) is 10.8 Å². The van der Waals surface area contributed by atoms with Crippen LogP contribution in [0.3, 0.4) is 0 Å². The lowest BCUT2D eigenvalue weighted by Crippen LogP contribution is -2.70. The van der Waals surface area contributed by atoms with Crippen molar-refractivity contribution in [1.29, 1.82) is 0 Å². The molecule has 5 heteroatoms. The van der Waals surface area contributed by atoms with Crippen LogP contribution in [0.2, 0.25) is 0 Å². The number of hydrogen-bond acceptors (Lipinski definition) is 3. The van der Waals surface area contributed by atoms with Crippen LogP contribution >= 0.6 is 0 Å². The fourth-order valence-corrected chi connectivity index (χ4v) is 23.6. The van der Waals surface area contributed by atoms with Crippen LogP contribution in [0.15, 0.2) is 137 Å². The zero-order valence-corrected chi connectivity index (χ0v) is 46.5. The lowest BCUT2D eigenvalue weighted by Gasteiger charge is -2.61. The summed E-state index contributed by atoms with van der Waals surface area (Å²) in [5, 5.41) is 6.06. The number of nitrogens with zero attached hydrogens (tertiary/aromatic N) is 3. The van der Waals surface area contributed by atoms with Gasteiger partial charge in [-0.05, 0) is 172 Å². The largest absolute Gasteiger partial charge is 0.339 e. The van der Waals surface area contributed by atoms with Crippen LogP contribution in [0.1, 0.15) is 158 Å². The average molecular weight is 962 g/mol. The first-order chi connectivity index (χ1) is 34.4. The highest BCUT2D eigenvalue weighted by Crippen LogP contribution is 2.66. The predicted octanol–water partition coefficient (Wildman–Crippen LogP) is 14.0. The molecule has 1 spiro atoms. The van der Waals surface area contributed by atoms with Crippen LogP contribution in [-0.4, -0.2) is 26.4 Å². The second-order valence-corrected chi connectivity index (χ2v) is 30.5. The zero-order chi connectivity index (χ0) is 49.8. The number of fused-ring (bicyclic) bond motifs is 15. The molecule has 0 N–H and O–H groups in total. The van der Waals surface area contributed by atoms with E-state index in [-0.39, 0.29) is 33.9 Å². The fourth-order valence-electron chi connectivity index (χ4n) is 17.9. The van der Waals surface area contributed by atoms with Gasteiger partial charge in [0.05, 0.1) is 11.2 Å². The van der Waals surface area contributed by atoms with E-state index in [1.165, 1.54) is 112 Å². The number of para-hydroxylation sites is 2. The van der Waals surface area contributed by atoms with Crippen molar-refractivity contribution in [3.63, 3.8) is 0 Å². The molecule has 9 aliphatic rings.